The number of aromatic amines is 1. The van der Waals surface area contributed by atoms with Crippen LogP contribution in [-0.4, -0.2) is 24.1 Å². The Morgan fingerprint density at radius 2 is 2.19 bits per heavy atom. The smallest absolute Gasteiger partial charge is 0.345 e. The van der Waals surface area contributed by atoms with Crippen LogP contribution in [-0.2, 0) is 4.74 Å². The van der Waals surface area contributed by atoms with Gasteiger partial charge in [0.05, 0.1) is 23.3 Å². The summed E-state index contributed by atoms with van der Waals surface area (Å²) >= 11 is 6.12. The van der Waals surface area contributed by atoms with Gasteiger partial charge in [0.25, 0.3) is 5.56 Å². The van der Waals surface area contributed by atoms with Gasteiger partial charge < -0.3 is 15.0 Å². The number of carbonyl (C=O) groups excluding carboxylic acids is 1. The summed E-state index contributed by atoms with van der Waals surface area (Å²) < 4.78 is 4.72. The fourth-order valence-corrected chi connectivity index (χ4v) is 2.30. The number of pyridine rings is 1. The van der Waals surface area contributed by atoms with E-state index in [1.807, 2.05) is 13.8 Å². The third-order valence-corrected chi connectivity index (χ3v) is 3.71. The topological polar surface area (TPSA) is 71.2 Å². The summed E-state index contributed by atoms with van der Waals surface area (Å²) in [7, 11) is 1.25. The van der Waals surface area contributed by atoms with Gasteiger partial charge in [-0.1, -0.05) is 30.7 Å². The maximum absolute atomic E-state index is 12.2. The number of ether oxygens (including phenoxy) is 1. The lowest BCUT2D eigenvalue weighted by Gasteiger charge is -2.18. The molecule has 112 valence electrons. The minimum absolute atomic E-state index is 0.0347. The Kier molecular flexibility index (Phi) is 4.53. The second-order valence-electron chi connectivity index (χ2n) is 4.81. The Morgan fingerprint density at radius 3 is 2.81 bits per heavy atom. The number of aromatic nitrogens is 1. The lowest BCUT2D eigenvalue weighted by atomic mass is 10.1. The summed E-state index contributed by atoms with van der Waals surface area (Å²) in [6.07, 6.45) is 0.843. The number of hydrogen-bond donors (Lipinski definition) is 2. The van der Waals surface area contributed by atoms with E-state index in [1.54, 1.807) is 18.2 Å². The van der Waals surface area contributed by atoms with E-state index >= 15 is 0 Å². The molecule has 5 nitrogen and oxygen atoms in total. The van der Waals surface area contributed by atoms with Gasteiger partial charge in [-0.3, -0.25) is 4.79 Å². The SMILES string of the molecule is CCC(C)Nc1c(C(=O)OC)c(=O)[nH]c2c(Cl)cccc12. The maximum atomic E-state index is 12.2. The molecule has 1 aromatic heterocycles. The zero-order valence-electron chi connectivity index (χ0n) is 12.1. The number of para-hydroxylation sites is 1. The molecule has 0 aliphatic carbocycles. The van der Waals surface area contributed by atoms with Gasteiger partial charge in [-0.15, -0.1) is 0 Å². The van der Waals surface area contributed by atoms with Crippen LogP contribution >= 0.6 is 11.6 Å². The molecule has 0 saturated heterocycles. The van der Waals surface area contributed by atoms with Gasteiger partial charge in [-0.05, 0) is 19.4 Å². The highest BCUT2D eigenvalue weighted by Crippen LogP contribution is 2.29. The van der Waals surface area contributed by atoms with Gasteiger partial charge >= 0.3 is 5.97 Å². The fourth-order valence-electron chi connectivity index (χ4n) is 2.08. The maximum Gasteiger partial charge on any atom is 0.345 e. The summed E-state index contributed by atoms with van der Waals surface area (Å²) in [6, 6.07) is 5.35. The average Bonchev–Trinajstić information content (AvgIpc) is 2.47. The highest BCUT2D eigenvalue weighted by atomic mass is 35.5. The first-order valence-corrected chi connectivity index (χ1v) is 7.06. The molecule has 6 heteroatoms. The summed E-state index contributed by atoms with van der Waals surface area (Å²) in [5.41, 5.74) is 0.404. The Balaban J connectivity index is 2.82. The summed E-state index contributed by atoms with van der Waals surface area (Å²) in [4.78, 5) is 26.8. The Labute approximate surface area is 127 Å². The number of benzene rings is 1. The van der Waals surface area contributed by atoms with E-state index in [0.29, 0.717) is 21.6 Å². The molecule has 2 rings (SSSR count). The highest BCUT2D eigenvalue weighted by molar-refractivity contribution is 6.35. The van der Waals surface area contributed by atoms with E-state index in [1.165, 1.54) is 7.11 Å². The molecule has 0 aliphatic heterocycles. The molecule has 0 bridgehead atoms. The third-order valence-electron chi connectivity index (χ3n) is 3.39. The number of esters is 1. The lowest BCUT2D eigenvalue weighted by molar-refractivity contribution is 0.0600. The van der Waals surface area contributed by atoms with Crippen molar-refractivity contribution in [3.8, 4) is 0 Å². The van der Waals surface area contributed by atoms with E-state index in [9.17, 15) is 9.59 Å². The van der Waals surface area contributed by atoms with Gasteiger partial charge in [-0.25, -0.2) is 4.79 Å². The van der Waals surface area contributed by atoms with Crippen LogP contribution < -0.4 is 10.9 Å². The standard InChI is InChI=1S/C15H17ClN2O3/c1-4-8(2)17-13-9-6-5-7-10(16)12(9)18-14(19)11(13)15(20)21-3/h5-8H,4H2,1-3H3,(H2,17,18,19). The van der Waals surface area contributed by atoms with Crippen LogP contribution in [0.4, 0.5) is 5.69 Å². The van der Waals surface area contributed by atoms with Crippen molar-refractivity contribution in [1.29, 1.82) is 0 Å². The van der Waals surface area contributed by atoms with Crippen LogP contribution in [0.5, 0.6) is 0 Å². The van der Waals surface area contributed by atoms with E-state index < -0.39 is 11.5 Å². The summed E-state index contributed by atoms with van der Waals surface area (Å²) in [6.45, 7) is 3.98. The quantitative estimate of drug-likeness (QED) is 0.851. The van der Waals surface area contributed by atoms with Crippen LogP contribution in [0.25, 0.3) is 10.9 Å². The zero-order valence-corrected chi connectivity index (χ0v) is 12.9. The normalized spacial score (nSPS) is 12.2. The van der Waals surface area contributed by atoms with E-state index in [4.69, 9.17) is 16.3 Å². The number of H-pyrrole nitrogens is 1. The number of methoxy groups -OCH3 is 1. The van der Waals surface area contributed by atoms with Crippen molar-refractivity contribution < 1.29 is 9.53 Å². The zero-order chi connectivity index (χ0) is 15.6. The monoisotopic (exact) mass is 308 g/mol. The first kappa shape index (κ1) is 15.4. The molecule has 2 N–H and O–H groups in total. The van der Waals surface area contributed by atoms with Crippen LogP contribution in [0, 0.1) is 0 Å². The fraction of sp³-hybridized carbons (Fsp3) is 0.333. The van der Waals surface area contributed by atoms with Crippen LogP contribution in [0.15, 0.2) is 23.0 Å². The number of carbonyl (C=O) groups is 1. The van der Waals surface area contributed by atoms with E-state index in [-0.39, 0.29) is 11.6 Å². The van der Waals surface area contributed by atoms with Crippen molar-refractivity contribution in [3.05, 3.63) is 39.1 Å². The predicted molar refractivity (Wildman–Crippen MR) is 84.3 cm³/mol. The van der Waals surface area contributed by atoms with Crippen LogP contribution in [0.3, 0.4) is 0 Å². The molecule has 1 unspecified atom stereocenters. The predicted octanol–water partition coefficient (Wildman–Crippen LogP) is 3.18. The number of anilines is 1. The molecule has 1 heterocycles. The highest BCUT2D eigenvalue weighted by Gasteiger charge is 2.21. The molecule has 2 aromatic rings. The van der Waals surface area contributed by atoms with Gasteiger partial charge in [0.1, 0.15) is 5.56 Å². The molecule has 0 aliphatic rings. The minimum Gasteiger partial charge on any atom is -0.465 e. The van der Waals surface area contributed by atoms with E-state index in [2.05, 4.69) is 10.3 Å². The molecule has 1 aromatic carbocycles. The summed E-state index contributed by atoms with van der Waals surface area (Å²) in [5, 5.41) is 4.31. The Bertz CT molecular complexity index is 740. The lowest BCUT2D eigenvalue weighted by Crippen LogP contribution is -2.25. The van der Waals surface area contributed by atoms with E-state index in [0.717, 1.165) is 6.42 Å². The molecule has 21 heavy (non-hydrogen) atoms. The molecular formula is C15H17ClN2O3. The molecule has 0 fully saturated rings. The number of hydrogen-bond acceptors (Lipinski definition) is 4. The van der Waals surface area contributed by atoms with Crippen molar-refractivity contribution in [3.63, 3.8) is 0 Å². The first-order valence-electron chi connectivity index (χ1n) is 6.69. The minimum atomic E-state index is -0.677. The number of fused-ring (bicyclic) bond motifs is 1. The van der Waals surface area contributed by atoms with Gasteiger partial charge in [0, 0.05) is 11.4 Å². The third kappa shape index (κ3) is 2.88. The van der Waals surface area contributed by atoms with Gasteiger partial charge in [-0.2, -0.15) is 0 Å². The number of nitrogens with one attached hydrogen (secondary N) is 2. The van der Waals surface area contributed by atoms with Crippen molar-refractivity contribution >= 4 is 34.2 Å². The largest absolute Gasteiger partial charge is 0.465 e. The van der Waals surface area contributed by atoms with Crippen molar-refractivity contribution in [1.82, 2.24) is 4.98 Å². The summed E-state index contributed by atoms with van der Waals surface area (Å²) in [5.74, 6) is -0.677. The second kappa shape index (κ2) is 6.18. The Morgan fingerprint density at radius 1 is 1.48 bits per heavy atom. The van der Waals surface area contributed by atoms with Crippen molar-refractivity contribution in [2.45, 2.75) is 26.3 Å². The molecule has 0 amide bonds. The molecular weight excluding hydrogens is 292 g/mol. The second-order valence-corrected chi connectivity index (χ2v) is 5.22. The average molecular weight is 309 g/mol. The molecule has 0 radical (unpaired) electrons. The van der Waals surface area contributed by atoms with Crippen molar-refractivity contribution in [2.75, 3.05) is 12.4 Å². The Hall–Kier alpha value is -2.01. The molecule has 0 saturated carbocycles. The number of halogens is 1. The molecule has 0 spiro atoms. The van der Waals surface area contributed by atoms with Crippen molar-refractivity contribution in [2.24, 2.45) is 0 Å². The van der Waals surface area contributed by atoms with Crippen LogP contribution in [0.1, 0.15) is 30.6 Å². The molecule has 1 atom stereocenters. The van der Waals surface area contributed by atoms with Gasteiger partial charge in [0.2, 0.25) is 0 Å². The van der Waals surface area contributed by atoms with Crippen LogP contribution in [0.2, 0.25) is 5.02 Å². The number of rotatable bonds is 4. The van der Waals surface area contributed by atoms with Gasteiger partial charge in [0.15, 0.2) is 0 Å². The first-order chi connectivity index (χ1) is 9.99.